The second-order valence-corrected chi connectivity index (χ2v) is 5.07. The first-order chi connectivity index (χ1) is 8.63. The average molecular weight is 262 g/mol. The van der Waals surface area contributed by atoms with Crippen molar-refractivity contribution < 1.29 is 9.53 Å². The molecule has 4 nitrogen and oxygen atoms in total. The molecule has 0 radical (unpaired) electrons. The SMILES string of the molecule is COC(=O)c1nc(C(N)c2ccccc2)sc1C. The number of hydrogen-bond acceptors (Lipinski definition) is 5. The molecule has 1 aromatic carbocycles. The van der Waals surface area contributed by atoms with Crippen LogP contribution in [0.25, 0.3) is 0 Å². The van der Waals surface area contributed by atoms with Gasteiger partial charge >= 0.3 is 5.97 Å². The van der Waals surface area contributed by atoms with E-state index in [-0.39, 0.29) is 6.04 Å². The Kier molecular flexibility index (Phi) is 3.74. The minimum atomic E-state index is -0.421. The molecule has 5 heteroatoms. The normalized spacial score (nSPS) is 12.2. The Morgan fingerprint density at radius 3 is 2.67 bits per heavy atom. The van der Waals surface area contributed by atoms with E-state index in [1.54, 1.807) is 0 Å². The molecule has 0 fully saturated rings. The zero-order chi connectivity index (χ0) is 13.1. The van der Waals surface area contributed by atoms with Crippen molar-refractivity contribution >= 4 is 17.3 Å². The summed E-state index contributed by atoms with van der Waals surface area (Å²) in [4.78, 5) is 16.6. The fraction of sp³-hybridized carbons (Fsp3) is 0.231. The Morgan fingerprint density at radius 1 is 1.39 bits per heavy atom. The van der Waals surface area contributed by atoms with Crippen molar-refractivity contribution in [3.63, 3.8) is 0 Å². The summed E-state index contributed by atoms with van der Waals surface area (Å²) in [5, 5.41) is 0.721. The lowest BCUT2D eigenvalue weighted by molar-refractivity contribution is 0.0594. The molecular weight excluding hydrogens is 248 g/mol. The quantitative estimate of drug-likeness (QED) is 0.862. The van der Waals surface area contributed by atoms with Crippen LogP contribution in [0.5, 0.6) is 0 Å². The van der Waals surface area contributed by atoms with E-state index in [4.69, 9.17) is 5.73 Å². The molecule has 0 aliphatic rings. The fourth-order valence-corrected chi connectivity index (χ4v) is 2.58. The Hall–Kier alpha value is -1.72. The number of rotatable bonds is 3. The van der Waals surface area contributed by atoms with Gasteiger partial charge in [-0.3, -0.25) is 0 Å². The predicted octanol–water partition coefficient (Wildman–Crippen LogP) is 2.29. The van der Waals surface area contributed by atoms with E-state index in [1.165, 1.54) is 18.4 Å². The van der Waals surface area contributed by atoms with Crippen molar-refractivity contribution in [3.8, 4) is 0 Å². The zero-order valence-electron chi connectivity index (χ0n) is 10.2. The number of esters is 1. The van der Waals surface area contributed by atoms with Crippen molar-refractivity contribution in [1.82, 2.24) is 4.98 Å². The number of carbonyl (C=O) groups is 1. The topological polar surface area (TPSA) is 65.2 Å². The number of carbonyl (C=O) groups excluding carboxylic acids is 1. The molecule has 2 rings (SSSR count). The molecule has 94 valence electrons. The number of ether oxygens (including phenoxy) is 1. The Labute approximate surface area is 109 Å². The molecule has 2 aromatic rings. The number of aromatic nitrogens is 1. The van der Waals surface area contributed by atoms with Gasteiger partial charge in [-0.15, -0.1) is 11.3 Å². The third-order valence-electron chi connectivity index (χ3n) is 2.62. The molecule has 0 spiro atoms. The van der Waals surface area contributed by atoms with Gasteiger partial charge in [0, 0.05) is 4.88 Å². The van der Waals surface area contributed by atoms with Crippen molar-refractivity contribution in [2.24, 2.45) is 5.73 Å². The smallest absolute Gasteiger partial charge is 0.357 e. The fourth-order valence-electron chi connectivity index (χ4n) is 1.64. The van der Waals surface area contributed by atoms with Gasteiger partial charge in [-0.1, -0.05) is 30.3 Å². The van der Waals surface area contributed by atoms with Crippen LogP contribution in [0.3, 0.4) is 0 Å². The minimum absolute atomic E-state index is 0.312. The van der Waals surface area contributed by atoms with Crippen molar-refractivity contribution in [2.45, 2.75) is 13.0 Å². The number of hydrogen-bond donors (Lipinski definition) is 1. The van der Waals surface area contributed by atoms with Gasteiger partial charge in [0.25, 0.3) is 0 Å². The second-order valence-electron chi connectivity index (χ2n) is 3.84. The molecule has 1 heterocycles. The molecule has 0 bridgehead atoms. The molecule has 18 heavy (non-hydrogen) atoms. The number of benzene rings is 1. The molecule has 2 N–H and O–H groups in total. The number of aryl methyl sites for hydroxylation is 1. The van der Waals surface area contributed by atoms with E-state index < -0.39 is 5.97 Å². The second kappa shape index (κ2) is 5.29. The van der Waals surface area contributed by atoms with Crippen LogP contribution in [0.2, 0.25) is 0 Å². The van der Waals surface area contributed by atoms with Crippen LogP contribution in [0.1, 0.15) is 32.0 Å². The minimum Gasteiger partial charge on any atom is -0.464 e. The first-order valence-electron chi connectivity index (χ1n) is 5.49. The summed E-state index contributed by atoms with van der Waals surface area (Å²) in [5.74, 6) is -0.421. The first-order valence-corrected chi connectivity index (χ1v) is 6.31. The van der Waals surface area contributed by atoms with E-state index in [9.17, 15) is 4.79 Å². The summed E-state index contributed by atoms with van der Waals surface area (Å²) < 4.78 is 4.68. The number of nitrogens with two attached hydrogens (primary N) is 1. The van der Waals surface area contributed by atoms with E-state index in [0.29, 0.717) is 5.69 Å². The maximum absolute atomic E-state index is 11.5. The van der Waals surface area contributed by atoms with Crippen molar-refractivity contribution in [1.29, 1.82) is 0 Å². The van der Waals surface area contributed by atoms with Gasteiger partial charge in [0.05, 0.1) is 13.2 Å². The number of methoxy groups -OCH3 is 1. The lowest BCUT2D eigenvalue weighted by atomic mass is 10.1. The Balaban J connectivity index is 2.32. The molecule has 0 aliphatic carbocycles. The van der Waals surface area contributed by atoms with Crippen LogP contribution >= 0.6 is 11.3 Å². The van der Waals surface area contributed by atoms with Crippen LogP contribution in [-0.2, 0) is 4.74 Å². The van der Waals surface area contributed by atoms with Crippen molar-refractivity contribution in [3.05, 3.63) is 51.5 Å². The van der Waals surface area contributed by atoms with Gasteiger partial charge in [0.15, 0.2) is 5.69 Å². The summed E-state index contributed by atoms with van der Waals surface area (Å²) in [6, 6.07) is 9.36. The van der Waals surface area contributed by atoms with E-state index >= 15 is 0 Å². The number of thiazole rings is 1. The molecule has 1 aromatic heterocycles. The average Bonchev–Trinajstić information content (AvgIpc) is 2.80. The Bertz CT molecular complexity index is 551. The van der Waals surface area contributed by atoms with E-state index in [2.05, 4.69) is 9.72 Å². The first kappa shape index (κ1) is 12.7. The van der Waals surface area contributed by atoms with Gasteiger partial charge in [-0.25, -0.2) is 9.78 Å². The molecule has 0 saturated heterocycles. The van der Waals surface area contributed by atoms with Gasteiger partial charge in [-0.05, 0) is 12.5 Å². The highest BCUT2D eigenvalue weighted by Gasteiger charge is 2.20. The predicted molar refractivity (Wildman–Crippen MR) is 70.7 cm³/mol. The number of nitrogens with zero attached hydrogens (tertiary/aromatic N) is 1. The maximum Gasteiger partial charge on any atom is 0.357 e. The molecule has 1 unspecified atom stereocenters. The summed E-state index contributed by atoms with van der Waals surface area (Å²) in [7, 11) is 1.35. The molecule has 1 atom stereocenters. The van der Waals surface area contributed by atoms with Gasteiger partial charge in [0.1, 0.15) is 5.01 Å². The third kappa shape index (κ3) is 2.42. The third-order valence-corrected chi connectivity index (χ3v) is 3.67. The summed E-state index contributed by atoms with van der Waals surface area (Å²) >= 11 is 1.42. The van der Waals surface area contributed by atoms with Crippen LogP contribution in [0.15, 0.2) is 30.3 Å². The Morgan fingerprint density at radius 2 is 2.06 bits per heavy atom. The van der Waals surface area contributed by atoms with Gasteiger partial charge in [0.2, 0.25) is 0 Å². The molecule has 0 aliphatic heterocycles. The van der Waals surface area contributed by atoms with Gasteiger partial charge in [-0.2, -0.15) is 0 Å². The summed E-state index contributed by atoms with van der Waals surface area (Å²) in [5.41, 5.74) is 7.46. The molecule has 0 amide bonds. The summed E-state index contributed by atoms with van der Waals surface area (Å²) in [6.07, 6.45) is 0. The van der Waals surface area contributed by atoms with Gasteiger partial charge < -0.3 is 10.5 Å². The lowest BCUT2D eigenvalue weighted by Gasteiger charge is -2.07. The van der Waals surface area contributed by atoms with E-state index in [0.717, 1.165) is 15.4 Å². The monoisotopic (exact) mass is 262 g/mol. The maximum atomic E-state index is 11.5. The van der Waals surface area contributed by atoms with Crippen LogP contribution in [0, 0.1) is 6.92 Å². The van der Waals surface area contributed by atoms with Crippen LogP contribution in [0.4, 0.5) is 0 Å². The largest absolute Gasteiger partial charge is 0.464 e. The lowest BCUT2D eigenvalue weighted by Crippen LogP contribution is -2.12. The van der Waals surface area contributed by atoms with Crippen LogP contribution in [-0.4, -0.2) is 18.1 Å². The van der Waals surface area contributed by atoms with E-state index in [1.807, 2.05) is 37.3 Å². The zero-order valence-corrected chi connectivity index (χ0v) is 11.0. The molecular formula is C13H14N2O2S. The summed E-state index contributed by atoms with van der Waals surface area (Å²) in [6.45, 7) is 1.84. The highest BCUT2D eigenvalue weighted by Crippen LogP contribution is 2.26. The molecule has 0 saturated carbocycles. The highest BCUT2D eigenvalue weighted by molar-refractivity contribution is 7.12. The van der Waals surface area contributed by atoms with Crippen molar-refractivity contribution in [2.75, 3.05) is 7.11 Å². The standard InChI is InChI=1S/C13H14N2O2S/c1-8-11(13(16)17-2)15-12(18-8)10(14)9-6-4-3-5-7-9/h3-7,10H,14H2,1-2H3. The van der Waals surface area contributed by atoms with Crippen LogP contribution < -0.4 is 5.73 Å². The highest BCUT2D eigenvalue weighted by atomic mass is 32.1.